The zero-order valence-corrected chi connectivity index (χ0v) is 12.6. The Labute approximate surface area is 122 Å². The molecule has 20 heavy (non-hydrogen) atoms. The lowest BCUT2D eigenvalue weighted by atomic mass is 10.2. The molecule has 0 fully saturated rings. The van der Waals surface area contributed by atoms with E-state index in [-0.39, 0.29) is 13.1 Å². The van der Waals surface area contributed by atoms with Crippen LogP contribution in [0.2, 0.25) is 5.02 Å². The molecular formula is C12H15ClFNO4S. The molecule has 0 aliphatic rings. The first-order valence-electron chi connectivity index (χ1n) is 5.98. The highest BCUT2D eigenvalue weighted by Gasteiger charge is 2.26. The first-order valence-corrected chi connectivity index (χ1v) is 7.80. The Morgan fingerprint density at radius 2 is 2.00 bits per heavy atom. The van der Waals surface area contributed by atoms with Gasteiger partial charge < -0.3 is 5.11 Å². The predicted molar refractivity (Wildman–Crippen MR) is 73.1 cm³/mol. The van der Waals surface area contributed by atoms with Gasteiger partial charge in [-0.2, -0.15) is 4.31 Å². The maximum Gasteiger partial charge on any atom is 0.337 e. The summed E-state index contributed by atoms with van der Waals surface area (Å²) in [6.45, 7) is 3.94. The van der Waals surface area contributed by atoms with Gasteiger partial charge in [0.2, 0.25) is 10.0 Å². The van der Waals surface area contributed by atoms with Gasteiger partial charge in [0.25, 0.3) is 0 Å². The highest BCUT2D eigenvalue weighted by molar-refractivity contribution is 7.89. The molecule has 1 aromatic rings. The van der Waals surface area contributed by atoms with Crippen molar-refractivity contribution in [2.45, 2.75) is 25.2 Å². The molecule has 0 aliphatic heterocycles. The van der Waals surface area contributed by atoms with Crippen LogP contribution in [0.4, 0.5) is 4.39 Å². The third kappa shape index (κ3) is 3.28. The minimum absolute atomic E-state index is 0.211. The van der Waals surface area contributed by atoms with Gasteiger partial charge in [0.1, 0.15) is 5.82 Å². The molecule has 0 radical (unpaired) electrons. The van der Waals surface area contributed by atoms with Crippen LogP contribution in [0.1, 0.15) is 30.6 Å². The van der Waals surface area contributed by atoms with E-state index in [1.807, 2.05) is 6.92 Å². The van der Waals surface area contributed by atoms with E-state index in [1.165, 1.54) is 0 Å². The van der Waals surface area contributed by atoms with Crippen LogP contribution in [0.3, 0.4) is 0 Å². The molecule has 0 spiro atoms. The summed E-state index contributed by atoms with van der Waals surface area (Å²) in [5.74, 6) is -2.55. The number of halogens is 2. The molecule has 0 amide bonds. The number of nitrogens with zero attached hydrogens (tertiary/aromatic N) is 1. The number of aromatic carboxylic acids is 1. The van der Waals surface area contributed by atoms with Gasteiger partial charge in [0.05, 0.1) is 15.5 Å². The minimum Gasteiger partial charge on any atom is -0.478 e. The summed E-state index contributed by atoms with van der Waals surface area (Å²) in [6.07, 6.45) is 0.592. The topological polar surface area (TPSA) is 74.7 Å². The molecule has 0 unspecified atom stereocenters. The van der Waals surface area contributed by atoms with Crippen molar-refractivity contribution in [3.05, 3.63) is 28.5 Å². The Bertz CT molecular complexity index is 618. The van der Waals surface area contributed by atoms with Crippen molar-refractivity contribution < 1.29 is 22.7 Å². The number of rotatable bonds is 6. The van der Waals surface area contributed by atoms with Gasteiger partial charge in [-0.1, -0.05) is 25.4 Å². The fourth-order valence-electron chi connectivity index (χ4n) is 1.72. The average Bonchev–Trinajstić information content (AvgIpc) is 2.38. The lowest BCUT2D eigenvalue weighted by Gasteiger charge is -2.20. The van der Waals surface area contributed by atoms with Crippen LogP contribution < -0.4 is 0 Å². The van der Waals surface area contributed by atoms with E-state index in [0.717, 1.165) is 16.4 Å². The van der Waals surface area contributed by atoms with E-state index in [1.54, 1.807) is 6.92 Å². The van der Waals surface area contributed by atoms with Crippen molar-refractivity contribution in [3.63, 3.8) is 0 Å². The normalized spacial score (nSPS) is 11.8. The lowest BCUT2D eigenvalue weighted by molar-refractivity contribution is 0.0696. The van der Waals surface area contributed by atoms with E-state index in [4.69, 9.17) is 16.7 Å². The molecular weight excluding hydrogens is 309 g/mol. The van der Waals surface area contributed by atoms with E-state index < -0.39 is 37.3 Å². The number of hydrogen-bond acceptors (Lipinski definition) is 3. The molecule has 0 saturated carbocycles. The minimum atomic E-state index is -3.94. The summed E-state index contributed by atoms with van der Waals surface area (Å²) in [4.78, 5) is 10.5. The molecule has 0 atom stereocenters. The highest BCUT2D eigenvalue weighted by atomic mass is 35.5. The number of sulfonamides is 1. The highest BCUT2D eigenvalue weighted by Crippen LogP contribution is 2.26. The number of hydrogen-bond donors (Lipinski definition) is 1. The first kappa shape index (κ1) is 16.9. The molecule has 0 aliphatic carbocycles. The van der Waals surface area contributed by atoms with Crippen molar-refractivity contribution in [2.24, 2.45) is 0 Å². The summed E-state index contributed by atoms with van der Waals surface area (Å²) >= 11 is 5.52. The molecule has 0 aromatic heterocycles. The lowest BCUT2D eigenvalue weighted by Crippen LogP contribution is -2.31. The Hall–Kier alpha value is -1.18. The molecule has 0 saturated heterocycles. The van der Waals surface area contributed by atoms with Crippen LogP contribution in [0.25, 0.3) is 0 Å². The second kappa shape index (κ2) is 6.51. The molecule has 0 bridgehead atoms. The summed E-state index contributed by atoms with van der Waals surface area (Å²) < 4.78 is 39.4. The molecule has 1 rings (SSSR count). The predicted octanol–water partition coefficient (Wildman–Crippen LogP) is 2.60. The molecule has 5 nitrogen and oxygen atoms in total. The first-order chi connectivity index (χ1) is 9.25. The van der Waals surface area contributed by atoms with Crippen LogP contribution >= 0.6 is 11.6 Å². The van der Waals surface area contributed by atoms with E-state index in [9.17, 15) is 17.6 Å². The van der Waals surface area contributed by atoms with E-state index in [0.29, 0.717) is 6.42 Å². The largest absolute Gasteiger partial charge is 0.478 e. The number of carbonyl (C=O) groups is 1. The van der Waals surface area contributed by atoms with Crippen LogP contribution in [0.15, 0.2) is 17.0 Å². The smallest absolute Gasteiger partial charge is 0.337 e. The zero-order chi connectivity index (χ0) is 15.5. The molecule has 8 heteroatoms. The van der Waals surface area contributed by atoms with Gasteiger partial charge in [0.15, 0.2) is 0 Å². The summed E-state index contributed by atoms with van der Waals surface area (Å²) in [6, 6.07) is 1.61. The van der Waals surface area contributed by atoms with Crippen molar-refractivity contribution in [3.8, 4) is 0 Å². The fraction of sp³-hybridized carbons (Fsp3) is 0.417. The second-order valence-corrected chi connectivity index (χ2v) is 6.38. The SMILES string of the molecule is CCCN(CC)S(=O)(=O)c1cc(F)c(Cl)c(C(=O)O)c1. The molecule has 1 N–H and O–H groups in total. The quantitative estimate of drug-likeness (QED) is 0.873. The van der Waals surface area contributed by atoms with Crippen LogP contribution in [0.5, 0.6) is 0 Å². The van der Waals surface area contributed by atoms with E-state index >= 15 is 0 Å². The van der Waals surface area contributed by atoms with Crippen molar-refractivity contribution in [1.82, 2.24) is 4.31 Å². The van der Waals surface area contributed by atoms with Gasteiger partial charge in [-0.3, -0.25) is 0 Å². The molecule has 112 valence electrons. The number of benzene rings is 1. The second-order valence-electron chi connectivity index (χ2n) is 4.07. The van der Waals surface area contributed by atoms with Gasteiger partial charge in [-0.05, 0) is 18.6 Å². The van der Waals surface area contributed by atoms with Crippen LogP contribution in [0, 0.1) is 5.82 Å². The maximum absolute atomic E-state index is 13.6. The third-order valence-corrected chi connectivity index (χ3v) is 5.03. The fourth-order valence-corrected chi connectivity index (χ4v) is 3.49. The average molecular weight is 324 g/mol. The Kier molecular flexibility index (Phi) is 5.50. The van der Waals surface area contributed by atoms with Crippen LogP contribution in [-0.2, 0) is 10.0 Å². The Morgan fingerprint density at radius 3 is 2.45 bits per heavy atom. The molecule has 1 aromatic carbocycles. The van der Waals surface area contributed by atoms with Crippen molar-refractivity contribution >= 4 is 27.6 Å². The zero-order valence-electron chi connectivity index (χ0n) is 11.1. The molecule has 0 heterocycles. The maximum atomic E-state index is 13.6. The van der Waals surface area contributed by atoms with Crippen molar-refractivity contribution in [1.29, 1.82) is 0 Å². The number of carboxylic acids is 1. The van der Waals surface area contributed by atoms with Crippen LogP contribution in [-0.4, -0.2) is 36.9 Å². The van der Waals surface area contributed by atoms with E-state index in [2.05, 4.69) is 0 Å². The monoisotopic (exact) mass is 323 g/mol. The van der Waals surface area contributed by atoms with Gasteiger partial charge >= 0.3 is 5.97 Å². The summed E-state index contributed by atoms with van der Waals surface area (Å²) in [7, 11) is -3.94. The van der Waals surface area contributed by atoms with Crippen molar-refractivity contribution in [2.75, 3.05) is 13.1 Å². The number of carboxylic acid groups (broad SMARTS) is 1. The van der Waals surface area contributed by atoms with Gasteiger partial charge in [0, 0.05) is 13.1 Å². The summed E-state index contributed by atoms with van der Waals surface area (Å²) in [5.41, 5.74) is -0.571. The summed E-state index contributed by atoms with van der Waals surface area (Å²) in [5, 5.41) is 8.32. The Balaban J connectivity index is 3.43. The van der Waals surface area contributed by atoms with Gasteiger partial charge in [-0.15, -0.1) is 0 Å². The standard InChI is InChI=1S/C12H15ClFNO4S/c1-3-5-15(4-2)20(18,19)8-6-9(12(16)17)11(13)10(14)7-8/h6-7H,3-5H2,1-2H3,(H,16,17). The Morgan fingerprint density at radius 1 is 1.40 bits per heavy atom. The third-order valence-electron chi connectivity index (χ3n) is 2.70. The van der Waals surface area contributed by atoms with Gasteiger partial charge in [-0.25, -0.2) is 17.6 Å².